The van der Waals surface area contributed by atoms with Crippen molar-refractivity contribution in [3.8, 4) is 0 Å². The number of carbonyl (C=O) groups is 1. The molecule has 0 aliphatic heterocycles. The highest BCUT2D eigenvalue weighted by Crippen LogP contribution is 2.08. The smallest absolute Gasteiger partial charge is 0.317 e. The molecule has 1 N–H and O–H groups in total. The maximum Gasteiger partial charge on any atom is 0.317 e. The van der Waals surface area contributed by atoms with Crippen LogP contribution in [0.3, 0.4) is 0 Å². The summed E-state index contributed by atoms with van der Waals surface area (Å²) in [6.45, 7) is 4.94. The largest absolute Gasteiger partial charge is 0.480 e. The summed E-state index contributed by atoms with van der Waals surface area (Å²) in [4.78, 5) is 29.3. The number of hydrogen-bond donors (Lipinski definition) is 1. The fraction of sp³-hybridized carbons (Fsp3) is 0.500. The molecule has 20 heavy (non-hydrogen) atoms. The summed E-state index contributed by atoms with van der Waals surface area (Å²) < 4.78 is 1.23. The van der Waals surface area contributed by atoms with Crippen molar-refractivity contribution in [2.24, 2.45) is 5.92 Å². The van der Waals surface area contributed by atoms with Gasteiger partial charge in [-0.3, -0.25) is 14.5 Å². The van der Waals surface area contributed by atoms with Crippen LogP contribution in [0.15, 0.2) is 16.4 Å². The van der Waals surface area contributed by atoms with Crippen LogP contribution in [0, 0.1) is 5.92 Å². The van der Waals surface area contributed by atoms with E-state index in [9.17, 15) is 9.59 Å². The number of carboxylic acids is 1. The molecule has 7 nitrogen and oxygen atoms in total. The van der Waals surface area contributed by atoms with Crippen LogP contribution < -0.4 is 5.56 Å². The molecule has 0 fully saturated rings. The van der Waals surface area contributed by atoms with Crippen molar-refractivity contribution in [2.45, 2.75) is 20.4 Å². The Balaban J connectivity index is 2.22. The molecule has 2 rings (SSSR count). The Labute approximate surface area is 119 Å². The van der Waals surface area contributed by atoms with Gasteiger partial charge in [-0.1, -0.05) is 25.2 Å². The van der Waals surface area contributed by atoms with Gasteiger partial charge in [0, 0.05) is 19.2 Å². The summed E-state index contributed by atoms with van der Waals surface area (Å²) >= 11 is 1.28. The lowest BCUT2D eigenvalue weighted by atomic mass is 10.2. The lowest BCUT2D eigenvalue weighted by molar-refractivity contribution is -0.138. The Morgan fingerprint density at radius 3 is 2.95 bits per heavy atom. The topological polar surface area (TPSA) is 87.8 Å². The van der Waals surface area contributed by atoms with Crippen LogP contribution in [0.4, 0.5) is 0 Å². The molecule has 2 aromatic heterocycles. The predicted octanol–water partition coefficient (Wildman–Crippen LogP) is 0.694. The van der Waals surface area contributed by atoms with E-state index in [2.05, 4.69) is 10.1 Å². The van der Waals surface area contributed by atoms with Crippen LogP contribution in [0.1, 0.15) is 19.5 Å². The van der Waals surface area contributed by atoms with Gasteiger partial charge < -0.3 is 5.11 Å². The van der Waals surface area contributed by atoms with Gasteiger partial charge in [0.2, 0.25) is 4.96 Å². The Hall–Kier alpha value is -1.80. The molecule has 0 aliphatic rings. The van der Waals surface area contributed by atoms with Gasteiger partial charge in [0.15, 0.2) is 0 Å². The molecule has 0 saturated carbocycles. The van der Waals surface area contributed by atoms with Crippen LogP contribution in [-0.4, -0.2) is 43.7 Å². The molecule has 0 aromatic carbocycles. The molecule has 108 valence electrons. The average Bonchev–Trinajstić information content (AvgIpc) is 2.75. The summed E-state index contributed by atoms with van der Waals surface area (Å²) in [5.74, 6) is -0.552. The number of aliphatic carboxylic acids is 1. The van der Waals surface area contributed by atoms with Crippen LogP contribution in [0.2, 0.25) is 0 Å². The molecule has 0 spiro atoms. The maximum absolute atomic E-state index is 11.8. The number of fused-ring (bicyclic) bond motifs is 1. The van der Waals surface area contributed by atoms with Crippen LogP contribution in [-0.2, 0) is 11.3 Å². The van der Waals surface area contributed by atoms with Gasteiger partial charge in [0.1, 0.15) is 5.51 Å². The van der Waals surface area contributed by atoms with Crippen molar-refractivity contribution in [3.05, 3.63) is 27.6 Å². The summed E-state index contributed by atoms with van der Waals surface area (Å²) in [5, 5.41) is 12.8. The second-order valence-corrected chi connectivity index (χ2v) is 5.79. The third-order valence-corrected chi connectivity index (χ3v) is 3.28. The highest BCUT2D eigenvalue weighted by molar-refractivity contribution is 7.14. The fourth-order valence-corrected chi connectivity index (χ4v) is 2.65. The van der Waals surface area contributed by atoms with E-state index in [4.69, 9.17) is 5.11 Å². The molecular formula is C12H16N4O3S. The number of hydrogen-bond acceptors (Lipinski definition) is 6. The first-order valence-electron chi connectivity index (χ1n) is 6.22. The van der Waals surface area contributed by atoms with Crippen molar-refractivity contribution in [2.75, 3.05) is 13.1 Å². The number of aromatic nitrogens is 3. The Morgan fingerprint density at radius 1 is 1.55 bits per heavy atom. The molecule has 8 heteroatoms. The second kappa shape index (κ2) is 6.10. The summed E-state index contributed by atoms with van der Waals surface area (Å²) in [6, 6.07) is 1.40. The third-order valence-electron chi connectivity index (χ3n) is 2.61. The first-order chi connectivity index (χ1) is 9.45. The summed E-state index contributed by atoms with van der Waals surface area (Å²) in [5.41, 5.74) is 1.88. The van der Waals surface area contributed by atoms with E-state index < -0.39 is 5.97 Å². The predicted molar refractivity (Wildman–Crippen MR) is 74.9 cm³/mol. The Kier molecular flexibility index (Phi) is 4.46. The summed E-state index contributed by atoms with van der Waals surface area (Å²) in [6.07, 6.45) is 0. The quantitative estimate of drug-likeness (QED) is 0.844. The molecule has 0 saturated heterocycles. The highest BCUT2D eigenvalue weighted by Gasteiger charge is 2.14. The van der Waals surface area contributed by atoms with Gasteiger partial charge in [0.05, 0.1) is 12.2 Å². The van der Waals surface area contributed by atoms with Gasteiger partial charge in [-0.05, 0) is 5.92 Å². The molecule has 2 aromatic rings. The second-order valence-electron chi connectivity index (χ2n) is 4.98. The third kappa shape index (κ3) is 3.61. The highest BCUT2D eigenvalue weighted by atomic mass is 32.1. The SMILES string of the molecule is CC(C)CN(CC(=O)O)Cc1cc(=O)n2ncsc2n1. The number of carboxylic acid groups (broad SMARTS) is 1. The lowest BCUT2D eigenvalue weighted by Crippen LogP contribution is -2.33. The molecule has 2 heterocycles. The van der Waals surface area contributed by atoms with E-state index in [0.717, 1.165) is 0 Å². The van der Waals surface area contributed by atoms with E-state index in [1.807, 2.05) is 13.8 Å². The van der Waals surface area contributed by atoms with Crippen molar-refractivity contribution in [1.29, 1.82) is 0 Å². The minimum Gasteiger partial charge on any atom is -0.480 e. The van der Waals surface area contributed by atoms with Crippen molar-refractivity contribution in [1.82, 2.24) is 19.5 Å². The van der Waals surface area contributed by atoms with Gasteiger partial charge in [-0.25, -0.2) is 4.98 Å². The van der Waals surface area contributed by atoms with Gasteiger partial charge >= 0.3 is 5.97 Å². The van der Waals surface area contributed by atoms with Gasteiger partial charge in [0.25, 0.3) is 5.56 Å². The number of rotatable bonds is 6. The first kappa shape index (κ1) is 14.6. The Morgan fingerprint density at radius 2 is 2.30 bits per heavy atom. The maximum atomic E-state index is 11.8. The minimum atomic E-state index is -0.888. The van der Waals surface area contributed by atoms with Crippen LogP contribution in [0.25, 0.3) is 4.96 Å². The Bertz CT molecular complexity index is 664. The minimum absolute atomic E-state index is 0.0675. The molecular weight excluding hydrogens is 280 g/mol. The molecule has 0 unspecified atom stereocenters. The zero-order chi connectivity index (χ0) is 14.7. The summed E-state index contributed by atoms with van der Waals surface area (Å²) in [7, 11) is 0. The van der Waals surface area contributed by atoms with E-state index in [1.165, 1.54) is 21.9 Å². The standard InChI is InChI=1S/C12H16N4O3S/c1-8(2)4-15(6-11(18)19)5-9-3-10(17)16-12(14-9)20-7-13-16/h3,7-8H,4-6H2,1-2H3,(H,18,19). The first-order valence-corrected chi connectivity index (χ1v) is 7.10. The molecule has 0 bridgehead atoms. The van der Waals surface area contributed by atoms with Crippen molar-refractivity contribution in [3.63, 3.8) is 0 Å². The van der Waals surface area contributed by atoms with E-state index in [-0.39, 0.29) is 12.1 Å². The van der Waals surface area contributed by atoms with E-state index >= 15 is 0 Å². The zero-order valence-electron chi connectivity index (χ0n) is 11.3. The monoisotopic (exact) mass is 296 g/mol. The van der Waals surface area contributed by atoms with Crippen molar-refractivity contribution < 1.29 is 9.90 Å². The van der Waals surface area contributed by atoms with Crippen LogP contribution in [0.5, 0.6) is 0 Å². The van der Waals surface area contributed by atoms with Gasteiger partial charge in [-0.15, -0.1) is 0 Å². The number of nitrogens with zero attached hydrogens (tertiary/aromatic N) is 4. The molecule has 0 aliphatic carbocycles. The lowest BCUT2D eigenvalue weighted by Gasteiger charge is -2.21. The zero-order valence-corrected chi connectivity index (χ0v) is 12.1. The normalized spacial score (nSPS) is 11.6. The van der Waals surface area contributed by atoms with Gasteiger partial charge in [-0.2, -0.15) is 9.61 Å². The molecule has 0 amide bonds. The van der Waals surface area contributed by atoms with E-state index in [0.29, 0.717) is 29.7 Å². The van der Waals surface area contributed by atoms with Crippen LogP contribution >= 0.6 is 11.3 Å². The molecule has 0 atom stereocenters. The average molecular weight is 296 g/mol. The van der Waals surface area contributed by atoms with E-state index in [1.54, 1.807) is 10.4 Å². The molecule has 0 radical (unpaired) electrons. The fourth-order valence-electron chi connectivity index (χ4n) is 2.00. The van der Waals surface area contributed by atoms with Crippen molar-refractivity contribution >= 4 is 22.3 Å².